The zero-order valence-electron chi connectivity index (χ0n) is 9.58. The Labute approximate surface area is 125 Å². The first-order valence-corrected chi connectivity index (χ1v) is 6.42. The second-order valence-corrected chi connectivity index (χ2v) is 5.07. The number of carbonyl (C=O) groups is 1. The summed E-state index contributed by atoms with van der Waals surface area (Å²) in [5.74, 6) is -0.367. The van der Waals surface area contributed by atoms with Gasteiger partial charge in [-0.15, -0.1) is 0 Å². The van der Waals surface area contributed by atoms with E-state index in [0.717, 1.165) is 0 Å². The predicted octanol–water partition coefficient (Wildman–Crippen LogP) is 4.48. The molecule has 0 spiro atoms. The van der Waals surface area contributed by atoms with Gasteiger partial charge in [0.15, 0.2) is 0 Å². The fraction of sp³-hybridized carbons (Fsp3) is 0. The first kappa shape index (κ1) is 14.0. The largest absolute Gasteiger partial charge is 0.398 e. The van der Waals surface area contributed by atoms with E-state index in [1.165, 1.54) is 6.07 Å². The van der Waals surface area contributed by atoms with Gasteiger partial charge in [0, 0.05) is 10.7 Å². The van der Waals surface area contributed by atoms with Gasteiger partial charge >= 0.3 is 0 Å². The lowest BCUT2D eigenvalue weighted by atomic mass is 10.2. The molecule has 0 fully saturated rings. The van der Waals surface area contributed by atoms with Crippen molar-refractivity contribution in [3.8, 4) is 0 Å². The SMILES string of the molecule is Nc1ccc(NC(=O)c2cc(Cl)ccc2Cl)cc1Cl. The average molecular weight is 316 g/mol. The van der Waals surface area contributed by atoms with Crippen molar-refractivity contribution in [3.05, 3.63) is 57.0 Å². The molecule has 2 aromatic carbocycles. The molecular weight excluding hydrogens is 307 g/mol. The quantitative estimate of drug-likeness (QED) is 0.803. The number of hydrogen-bond acceptors (Lipinski definition) is 2. The number of halogens is 3. The van der Waals surface area contributed by atoms with E-state index in [-0.39, 0.29) is 5.91 Å². The van der Waals surface area contributed by atoms with Gasteiger partial charge in [0.25, 0.3) is 5.91 Å². The van der Waals surface area contributed by atoms with Gasteiger partial charge in [-0.2, -0.15) is 0 Å². The number of rotatable bonds is 2. The molecule has 0 atom stereocenters. The minimum Gasteiger partial charge on any atom is -0.398 e. The Balaban J connectivity index is 2.25. The monoisotopic (exact) mass is 314 g/mol. The maximum atomic E-state index is 12.1. The number of carbonyl (C=O) groups excluding carboxylic acids is 1. The van der Waals surface area contributed by atoms with Gasteiger partial charge in [-0.1, -0.05) is 34.8 Å². The zero-order chi connectivity index (χ0) is 14.0. The first-order valence-electron chi connectivity index (χ1n) is 5.29. The van der Waals surface area contributed by atoms with Crippen LogP contribution in [0.1, 0.15) is 10.4 Å². The molecule has 19 heavy (non-hydrogen) atoms. The zero-order valence-corrected chi connectivity index (χ0v) is 11.9. The number of anilines is 2. The van der Waals surface area contributed by atoms with Gasteiger partial charge < -0.3 is 11.1 Å². The Morgan fingerprint density at radius 3 is 2.42 bits per heavy atom. The van der Waals surface area contributed by atoms with Crippen molar-refractivity contribution in [1.29, 1.82) is 0 Å². The summed E-state index contributed by atoms with van der Waals surface area (Å²) < 4.78 is 0. The van der Waals surface area contributed by atoms with Crippen LogP contribution in [0.15, 0.2) is 36.4 Å². The standard InChI is InChI=1S/C13H9Cl3N2O/c14-7-1-3-10(15)9(5-7)13(19)18-8-2-4-12(17)11(16)6-8/h1-6H,17H2,(H,18,19). The van der Waals surface area contributed by atoms with Crippen LogP contribution in [0.5, 0.6) is 0 Å². The predicted molar refractivity (Wildman–Crippen MR) is 80.3 cm³/mol. The second-order valence-electron chi connectivity index (χ2n) is 3.81. The molecule has 6 heteroatoms. The van der Waals surface area contributed by atoms with E-state index < -0.39 is 0 Å². The molecule has 0 radical (unpaired) electrons. The topological polar surface area (TPSA) is 55.1 Å². The number of benzene rings is 2. The van der Waals surface area contributed by atoms with E-state index >= 15 is 0 Å². The minimum absolute atomic E-state index is 0.294. The molecule has 3 N–H and O–H groups in total. The smallest absolute Gasteiger partial charge is 0.257 e. The summed E-state index contributed by atoms with van der Waals surface area (Å²) in [7, 11) is 0. The van der Waals surface area contributed by atoms with E-state index in [9.17, 15) is 4.79 Å². The maximum absolute atomic E-state index is 12.1. The van der Waals surface area contributed by atoms with Crippen LogP contribution >= 0.6 is 34.8 Å². The van der Waals surface area contributed by atoms with Crippen LogP contribution in [0.4, 0.5) is 11.4 Å². The highest BCUT2D eigenvalue weighted by Gasteiger charge is 2.11. The van der Waals surface area contributed by atoms with Crippen molar-refractivity contribution < 1.29 is 4.79 Å². The Kier molecular flexibility index (Phi) is 4.20. The molecule has 1 amide bonds. The lowest BCUT2D eigenvalue weighted by Gasteiger charge is -2.08. The lowest BCUT2D eigenvalue weighted by Crippen LogP contribution is -2.12. The van der Waals surface area contributed by atoms with E-state index in [1.54, 1.807) is 30.3 Å². The highest BCUT2D eigenvalue weighted by Crippen LogP contribution is 2.25. The minimum atomic E-state index is -0.367. The average Bonchev–Trinajstić information content (AvgIpc) is 2.36. The van der Waals surface area contributed by atoms with Crippen LogP contribution in [0.25, 0.3) is 0 Å². The molecule has 2 aromatic rings. The summed E-state index contributed by atoms with van der Waals surface area (Å²) >= 11 is 17.7. The number of nitrogens with two attached hydrogens (primary N) is 1. The summed E-state index contributed by atoms with van der Waals surface area (Å²) in [6.07, 6.45) is 0. The molecule has 0 aliphatic carbocycles. The normalized spacial score (nSPS) is 10.3. The van der Waals surface area contributed by atoms with E-state index in [0.29, 0.717) is 32.0 Å². The van der Waals surface area contributed by atoms with Gasteiger partial charge in [0.1, 0.15) is 0 Å². The first-order chi connectivity index (χ1) is 8.97. The maximum Gasteiger partial charge on any atom is 0.257 e. The molecule has 98 valence electrons. The lowest BCUT2D eigenvalue weighted by molar-refractivity contribution is 0.102. The molecular formula is C13H9Cl3N2O. The summed E-state index contributed by atoms with van der Waals surface area (Å²) in [4.78, 5) is 12.1. The van der Waals surface area contributed by atoms with Crippen molar-refractivity contribution in [2.24, 2.45) is 0 Å². The molecule has 0 saturated heterocycles. The number of nitrogen functional groups attached to an aromatic ring is 1. The molecule has 0 aliphatic rings. The third kappa shape index (κ3) is 3.32. The Morgan fingerprint density at radius 2 is 1.74 bits per heavy atom. The highest BCUT2D eigenvalue weighted by molar-refractivity contribution is 6.36. The van der Waals surface area contributed by atoms with Gasteiger partial charge in [-0.25, -0.2) is 0 Å². The van der Waals surface area contributed by atoms with E-state index in [2.05, 4.69) is 5.32 Å². The molecule has 0 heterocycles. The third-order valence-electron chi connectivity index (χ3n) is 2.43. The van der Waals surface area contributed by atoms with Crippen molar-refractivity contribution in [2.45, 2.75) is 0 Å². The number of nitrogens with one attached hydrogen (secondary N) is 1. The highest BCUT2D eigenvalue weighted by atomic mass is 35.5. The van der Waals surface area contributed by atoms with Crippen LogP contribution in [0.3, 0.4) is 0 Å². The fourth-order valence-corrected chi connectivity index (χ4v) is 2.03. The van der Waals surface area contributed by atoms with Gasteiger partial charge in [-0.3, -0.25) is 4.79 Å². The molecule has 0 bridgehead atoms. The van der Waals surface area contributed by atoms with Gasteiger partial charge in [0.2, 0.25) is 0 Å². The van der Waals surface area contributed by atoms with Crippen LogP contribution in [0, 0.1) is 0 Å². The third-order valence-corrected chi connectivity index (χ3v) is 3.32. The Morgan fingerprint density at radius 1 is 1.00 bits per heavy atom. The van der Waals surface area contributed by atoms with Crippen LogP contribution in [-0.2, 0) is 0 Å². The van der Waals surface area contributed by atoms with Crippen molar-refractivity contribution >= 4 is 52.1 Å². The van der Waals surface area contributed by atoms with Crippen molar-refractivity contribution in [1.82, 2.24) is 0 Å². The fourth-order valence-electron chi connectivity index (χ4n) is 1.47. The van der Waals surface area contributed by atoms with Crippen molar-refractivity contribution in [3.63, 3.8) is 0 Å². The van der Waals surface area contributed by atoms with E-state index in [4.69, 9.17) is 40.5 Å². The molecule has 0 unspecified atom stereocenters. The summed E-state index contributed by atoms with van der Waals surface area (Å²) in [5.41, 5.74) is 6.86. The molecule has 0 aromatic heterocycles. The van der Waals surface area contributed by atoms with E-state index in [1.807, 2.05) is 0 Å². The van der Waals surface area contributed by atoms with Crippen LogP contribution in [0.2, 0.25) is 15.1 Å². The summed E-state index contributed by atoms with van der Waals surface area (Å²) in [6.45, 7) is 0. The van der Waals surface area contributed by atoms with Crippen LogP contribution in [-0.4, -0.2) is 5.91 Å². The van der Waals surface area contributed by atoms with Gasteiger partial charge in [-0.05, 0) is 36.4 Å². The number of hydrogen-bond donors (Lipinski definition) is 2. The van der Waals surface area contributed by atoms with Crippen LogP contribution < -0.4 is 11.1 Å². The Bertz CT molecular complexity index is 644. The Hall–Kier alpha value is -1.42. The molecule has 3 nitrogen and oxygen atoms in total. The molecule has 0 saturated carbocycles. The molecule has 2 rings (SSSR count). The number of amides is 1. The molecule has 0 aliphatic heterocycles. The van der Waals surface area contributed by atoms with Crippen molar-refractivity contribution in [2.75, 3.05) is 11.1 Å². The summed E-state index contributed by atoms with van der Waals surface area (Å²) in [5, 5.41) is 3.80. The summed E-state index contributed by atoms with van der Waals surface area (Å²) in [6, 6.07) is 9.50. The van der Waals surface area contributed by atoms with Gasteiger partial charge in [0.05, 0.1) is 21.3 Å². The second kappa shape index (κ2) is 5.70.